The van der Waals surface area contributed by atoms with Crippen molar-refractivity contribution >= 4 is 5.91 Å². The predicted molar refractivity (Wildman–Crippen MR) is 70.9 cm³/mol. The largest absolute Gasteiger partial charge is 0.480 e. The lowest BCUT2D eigenvalue weighted by molar-refractivity contribution is -0.137. The minimum Gasteiger partial charge on any atom is -0.480 e. The Morgan fingerprint density at radius 2 is 2.26 bits per heavy atom. The minimum absolute atomic E-state index is 0.0550. The van der Waals surface area contributed by atoms with E-state index in [1.165, 1.54) is 0 Å². The number of fused-ring (bicyclic) bond motifs is 1. The van der Waals surface area contributed by atoms with E-state index < -0.39 is 0 Å². The summed E-state index contributed by atoms with van der Waals surface area (Å²) in [5, 5.41) is 9.59. The lowest BCUT2D eigenvalue weighted by Gasteiger charge is -2.21. The van der Waals surface area contributed by atoms with Gasteiger partial charge in [-0.25, -0.2) is 0 Å². The number of amides is 1. The Bertz CT molecular complexity index is 461. The van der Waals surface area contributed by atoms with Crippen molar-refractivity contribution < 1.29 is 14.6 Å². The SMILES string of the molecule is CC(O)C1CCN(C(=O)C2Cc3ccccc3O2)C1. The van der Waals surface area contributed by atoms with Crippen LogP contribution >= 0.6 is 0 Å². The van der Waals surface area contributed by atoms with Crippen LogP contribution in [0.4, 0.5) is 0 Å². The van der Waals surface area contributed by atoms with Crippen LogP contribution in [0.2, 0.25) is 0 Å². The molecule has 3 rings (SSSR count). The van der Waals surface area contributed by atoms with Crippen LogP contribution in [0.3, 0.4) is 0 Å². The summed E-state index contributed by atoms with van der Waals surface area (Å²) < 4.78 is 5.72. The van der Waals surface area contributed by atoms with E-state index in [0.717, 1.165) is 24.3 Å². The molecule has 4 heteroatoms. The molecule has 2 heterocycles. The lowest BCUT2D eigenvalue weighted by Crippen LogP contribution is -2.40. The van der Waals surface area contributed by atoms with E-state index in [1.54, 1.807) is 6.92 Å². The average Bonchev–Trinajstić information content (AvgIpc) is 3.04. The maximum atomic E-state index is 12.4. The minimum atomic E-state index is -0.384. The van der Waals surface area contributed by atoms with Gasteiger partial charge in [0.1, 0.15) is 5.75 Å². The number of nitrogens with zero attached hydrogens (tertiary/aromatic N) is 1. The lowest BCUT2D eigenvalue weighted by atomic mass is 10.0. The van der Waals surface area contributed by atoms with Gasteiger partial charge in [0.25, 0.3) is 5.91 Å². The van der Waals surface area contributed by atoms with E-state index >= 15 is 0 Å². The maximum Gasteiger partial charge on any atom is 0.264 e. The van der Waals surface area contributed by atoms with Crippen LogP contribution in [-0.4, -0.2) is 41.2 Å². The number of para-hydroxylation sites is 1. The Morgan fingerprint density at radius 3 is 2.95 bits per heavy atom. The fourth-order valence-corrected chi connectivity index (χ4v) is 2.90. The van der Waals surface area contributed by atoms with Gasteiger partial charge in [-0.1, -0.05) is 18.2 Å². The molecule has 0 bridgehead atoms. The summed E-state index contributed by atoms with van der Waals surface area (Å²) in [6.07, 6.45) is 0.804. The molecule has 19 heavy (non-hydrogen) atoms. The molecule has 1 amide bonds. The highest BCUT2D eigenvalue weighted by atomic mass is 16.5. The highest BCUT2D eigenvalue weighted by Gasteiger charge is 2.36. The van der Waals surface area contributed by atoms with E-state index in [4.69, 9.17) is 4.74 Å². The van der Waals surface area contributed by atoms with Crippen molar-refractivity contribution in [2.75, 3.05) is 13.1 Å². The first-order chi connectivity index (χ1) is 9.15. The van der Waals surface area contributed by atoms with Crippen LogP contribution in [0.25, 0.3) is 0 Å². The second-order valence-corrected chi connectivity index (χ2v) is 5.49. The smallest absolute Gasteiger partial charge is 0.264 e. The van der Waals surface area contributed by atoms with Gasteiger partial charge in [-0.2, -0.15) is 0 Å². The van der Waals surface area contributed by atoms with Gasteiger partial charge in [0.15, 0.2) is 6.10 Å². The summed E-state index contributed by atoms with van der Waals surface area (Å²) in [5.74, 6) is 1.08. The standard InChI is InChI=1S/C15H19NO3/c1-10(17)12-6-7-16(9-12)15(18)14-8-11-4-2-3-5-13(11)19-14/h2-5,10,12,14,17H,6-9H2,1H3. The summed E-state index contributed by atoms with van der Waals surface area (Å²) in [4.78, 5) is 14.2. The molecule has 3 unspecified atom stereocenters. The van der Waals surface area contributed by atoms with Crippen LogP contribution in [0.5, 0.6) is 5.75 Å². The van der Waals surface area contributed by atoms with Crippen molar-refractivity contribution in [1.29, 1.82) is 0 Å². The molecule has 0 aliphatic carbocycles. The van der Waals surface area contributed by atoms with Crippen molar-refractivity contribution in [2.24, 2.45) is 5.92 Å². The quantitative estimate of drug-likeness (QED) is 0.871. The van der Waals surface area contributed by atoms with E-state index in [9.17, 15) is 9.90 Å². The average molecular weight is 261 g/mol. The van der Waals surface area contributed by atoms with Crippen LogP contribution in [0, 0.1) is 5.92 Å². The van der Waals surface area contributed by atoms with Gasteiger partial charge < -0.3 is 14.7 Å². The van der Waals surface area contributed by atoms with E-state index in [2.05, 4.69) is 0 Å². The molecule has 4 nitrogen and oxygen atoms in total. The Hall–Kier alpha value is -1.55. The fraction of sp³-hybridized carbons (Fsp3) is 0.533. The molecule has 0 aromatic heterocycles. The maximum absolute atomic E-state index is 12.4. The summed E-state index contributed by atoms with van der Waals surface area (Å²) in [6.45, 7) is 3.16. The highest BCUT2D eigenvalue weighted by Crippen LogP contribution is 2.30. The first-order valence-electron chi connectivity index (χ1n) is 6.86. The number of ether oxygens (including phenoxy) is 1. The van der Waals surface area contributed by atoms with Gasteiger partial charge in [-0.05, 0) is 25.0 Å². The van der Waals surface area contributed by atoms with Gasteiger partial charge >= 0.3 is 0 Å². The molecular weight excluding hydrogens is 242 g/mol. The van der Waals surface area contributed by atoms with Gasteiger partial charge in [0, 0.05) is 25.4 Å². The molecular formula is C15H19NO3. The second-order valence-electron chi connectivity index (χ2n) is 5.49. The Morgan fingerprint density at radius 1 is 1.47 bits per heavy atom. The third-order valence-corrected chi connectivity index (χ3v) is 4.14. The molecule has 0 spiro atoms. The summed E-state index contributed by atoms with van der Waals surface area (Å²) in [6, 6.07) is 7.80. The molecule has 2 aliphatic rings. The Labute approximate surface area is 113 Å². The number of hydrogen-bond acceptors (Lipinski definition) is 3. The zero-order valence-corrected chi connectivity index (χ0v) is 11.1. The third-order valence-electron chi connectivity index (χ3n) is 4.14. The number of carbonyl (C=O) groups is 1. The van der Waals surface area contributed by atoms with E-state index in [-0.39, 0.29) is 24.0 Å². The van der Waals surface area contributed by atoms with Crippen LogP contribution in [0.1, 0.15) is 18.9 Å². The first-order valence-corrected chi connectivity index (χ1v) is 6.86. The molecule has 102 valence electrons. The number of aliphatic hydroxyl groups is 1. The van der Waals surface area contributed by atoms with Crippen molar-refractivity contribution in [3.63, 3.8) is 0 Å². The molecule has 1 aromatic rings. The van der Waals surface area contributed by atoms with Gasteiger partial charge in [0.05, 0.1) is 6.10 Å². The van der Waals surface area contributed by atoms with Crippen LogP contribution < -0.4 is 4.74 Å². The molecule has 3 atom stereocenters. The number of aliphatic hydroxyl groups excluding tert-OH is 1. The molecule has 0 saturated carbocycles. The molecule has 2 aliphatic heterocycles. The number of likely N-dealkylation sites (tertiary alicyclic amines) is 1. The Balaban J connectivity index is 1.64. The number of carbonyl (C=O) groups excluding carboxylic acids is 1. The highest BCUT2D eigenvalue weighted by molar-refractivity contribution is 5.83. The fourth-order valence-electron chi connectivity index (χ4n) is 2.90. The molecule has 1 saturated heterocycles. The predicted octanol–water partition coefficient (Wildman–Crippen LogP) is 1.22. The van der Waals surface area contributed by atoms with Gasteiger partial charge in [-0.15, -0.1) is 0 Å². The van der Waals surface area contributed by atoms with Crippen molar-refractivity contribution in [3.8, 4) is 5.75 Å². The van der Waals surface area contributed by atoms with Crippen LogP contribution in [0.15, 0.2) is 24.3 Å². The molecule has 1 fully saturated rings. The van der Waals surface area contributed by atoms with E-state index in [0.29, 0.717) is 13.0 Å². The summed E-state index contributed by atoms with van der Waals surface area (Å²) in [5.41, 5.74) is 1.10. The van der Waals surface area contributed by atoms with Crippen molar-refractivity contribution in [3.05, 3.63) is 29.8 Å². The zero-order valence-electron chi connectivity index (χ0n) is 11.1. The van der Waals surface area contributed by atoms with Gasteiger partial charge in [-0.3, -0.25) is 4.79 Å². The Kier molecular flexibility index (Phi) is 3.19. The van der Waals surface area contributed by atoms with E-state index in [1.807, 2.05) is 29.2 Å². The molecule has 1 aromatic carbocycles. The summed E-state index contributed by atoms with van der Waals surface area (Å²) in [7, 11) is 0. The third kappa shape index (κ3) is 2.32. The number of benzene rings is 1. The first kappa shape index (κ1) is 12.5. The monoisotopic (exact) mass is 261 g/mol. The zero-order chi connectivity index (χ0) is 13.4. The molecule has 1 N–H and O–H groups in total. The second kappa shape index (κ2) is 4.85. The van der Waals surface area contributed by atoms with Gasteiger partial charge in [0.2, 0.25) is 0 Å². The van der Waals surface area contributed by atoms with Crippen LogP contribution in [-0.2, 0) is 11.2 Å². The normalized spacial score (nSPS) is 26.9. The van der Waals surface area contributed by atoms with Crippen molar-refractivity contribution in [1.82, 2.24) is 4.90 Å². The topological polar surface area (TPSA) is 49.8 Å². The number of rotatable bonds is 2. The van der Waals surface area contributed by atoms with Crippen molar-refractivity contribution in [2.45, 2.75) is 32.0 Å². The molecule has 0 radical (unpaired) electrons. The summed E-state index contributed by atoms with van der Waals surface area (Å²) >= 11 is 0. The number of hydrogen-bond donors (Lipinski definition) is 1.